The Bertz CT molecular complexity index is 198. The van der Waals surface area contributed by atoms with E-state index in [9.17, 15) is 5.11 Å². The number of aliphatic hydroxyl groups is 1. The van der Waals surface area contributed by atoms with Gasteiger partial charge in [0.25, 0.3) is 0 Å². The Hall–Kier alpha value is -0.120. The van der Waals surface area contributed by atoms with Crippen LogP contribution >= 0.6 is 0 Å². The van der Waals surface area contributed by atoms with Crippen LogP contribution in [0.5, 0.6) is 0 Å². The fraction of sp³-hybridized carbons (Fsp3) is 1.00. The molecule has 1 aliphatic carbocycles. The summed E-state index contributed by atoms with van der Waals surface area (Å²) in [5, 5.41) is 12.8. The van der Waals surface area contributed by atoms with Gasteiger partial charge in [-0.1, -0.05) is 12.8 Å². The molecule has 0 radical (unpaired) electrons. The fourth-order valence-corrected chi connectivity index (χ4v) is 3.16. The summed E-state index contributed by atoms with van der Waals surface area (Å²) in [5.41, 5.74) is -0.0269. The third kappa shape index (κ3) is 2.35. The van der Waals surface area contributed by atoms with E-state index in [1.165, 1.54) is 38.6 Å². The van der Waals surface area contributed by atoms with Gasteiger partial charge in [-0.25, -0.2) is 0 Å². The maximum atomic E-state index is 9.51. The Labute approximate surface area is 92.8 Å². The SMILES string of the molecule is CNC1(CO)CCCN(C2CCCC2)C1. The quantitative estimate of drug-likeness (QED) is 0.732. The van der Waals surface area contributed by atoms with Crippen molar-refractivity contribution in [1.29, 1.82) is 0 Å². The molecule has 0 aromatic rings. The number of rotatable bonds is 3. The average Bonchev–Trinajstić information content (AvgIpc) is 2.82. The standard InChI is InChI=1S/C12H24N2O/c1-13-12(10-15)7-4-8-14(9-12)11-5-2-3-6-11/h11,13,15H,2-10H2,1H3. The van der Waals surface area contributed by atoms with Crippen molar-refractivity contribution >= 4 is 0 Å². The highest BCUT2D eigenvalue weighted by Gasteiger charge is 2.36. The molecule has 1 saturated carbocycles. The van der Waals surface area contributed by atoms with Crippen LogP contribution < -0.4 is 5.32 Å². The van der Waals surface area contributed by atoms with Gasteiger partial charge in [0.2, 0.25) is 0 Å². The van der Waals surface area contributed by atoms with E-state index in [2.05, 4.69) is 10.2 Å². The van der Waals surface area contributed by atoms with Gasteiger partial charge in [-0.3, -0.25) is 4.90 Å². The largest absolute Gasteiger partial charge is 0.394 e. The average molecular weight is 212 g/mol. The molecule has 1 atom stereocenters. The second-order valence-corrected chi connectivity index (χ2v) is 5.20. The van der Waals surface area contributed by atoms with Gasteiger partial charge in [-0.2, -0.15) is 0 Å². The van der Waals surface area contributed by atoms with Crippen LogP contribution in [0.15, 0.2) is 0 Å². The van der Waals surface area contributed by atoms with Crippen molar-refractivity contribution in [2.24, 2.45) is 0 Å². The molecule has 0 aromatic heterocycles. The summed E-state index contributed by atoms with van der Waals surface area (Å²) >= 11 is 0. The summed E-state index contributed by atoms with van der Waals surface area (Å²) in [7, 11) is 1.98. The first kappa shape index (κ1) is 11.4. The third-order valence-electron chi connectivity index (χ3n) is 4.28. The summed E-state index contributed by atoms with van der Waals surface area (Å²) in [6.45, 7) is 2.53. The first-order valence-electron chi connectivity index (χ1n) is 6.33. The van der Waals surface area contributed by atoms with Crippen LogP contribution in [0.3, 0.4) is 0 Å². The monoisotopic (exact) mass is 212 g/mol. The van der Waals surface area contributed by atoms with Gasteiger partial charge in [0.1, 0.15) is 0 Å². The Morgan fingerprint density at radius 2 is 2.07 bits per heavy atom. The zero-order valence-corrected chi connectivity index (χ0v) is 9.84. The van der Waals surface area contributed by atoms with E-state index < -0.39 is 0 Å². The van der Waals surface area contributed by atoms with Gasteiger partial charge in [-0.15, -0.1) is 0 Å². The second kappa shape index (κ2) is 4.81. The van der Waals surface area contributed by atoms with E-state index in [1.54, 1.807) is 0 Å². The van der Waals surface area contributed by atoms with Crippen LogP contribution in [-0.4, -0.2) is 48.3 Å². The lowest BCUT2D eigenvalue weighted by atomic mass is 9.89. The van der Waals surface area contributed by atoms with Crippen molar-refractivity contribution in [3.8, 4) is 0 Å². The van der Waals surface area contributed by atoms with Crippen LogP contribution in [0, 0.1) is 0 Å². The van der Waals surface area contributed by atoms with Crippen LogP contribution in [0.25, 0.3) is 0 Å². The van der Waals surface area contributed by atoms with E-state index in [0.29, 0.717) is 0 Å². The van der Waals surface area contributed by atoms with Crippen LogP contribution in [0.2, 0.25) is 0 Å². The second-order valence-electron chi connectivity index (χ2n) is 5.20. The van der Waals surface area contributed by atoms with Gasteiger partial charge in [0, 0.05) is 12.6 Å². The Kier molecular flexibility index (Phi) is 3.65. The minimum Gasteiger partial charge on any atom is -0.394 e. The number of nitrogens with one attached hydrogen (secondary N) is 1. The minimum absolute atomic E-state index is 0.0269. The molecule has 2 aliphatic rings. The summed E-state index contributed by atoms with van der Waals surface area (Å²) in [6.07, 6.45) is 7.86. The lowest BCUT2D eigenvalue weighted by Crippen LogP contribution is -2.59. The molecular weight excluding hydrogens is 188 g/mol. The van der Waals surface area contributed by atoms with Crippen molar-refractivity contribution in [2.75, 3.05) is 26.7 Å². The van der Waals surface area contributed by atoms with Gasteiger partial charge in [-0.05, 0) is 39.3 Å². The number of piperidine rings is 1. The molecule has 2 rings (SSSR count). The lowest BCUT2D eigenvalue weighted by Gasteiger charge is -2.44. The molecule has 1 aliphatic heterocycles. The molecule has 0 spiro atoms. The normalized spacial score (nSPS) is 34.8. The van der Waals surface area contributed by atoms with Crippen LogP contribution in [0.4, 0.5) is 0 Å². The molecule has 1 unspecified atom stereocenters. The Morgan fingerprint density at radius 1 is 1.33 bits per heavy atom. The fourth-order valence-electron chi connectivity index (χ4n) is 3.16. The topological polar surface area (TPSA) is 35.5 Å². The van der Waals surface area contributed by atoms with Crippen molar-refractivity contribution in [2.45, 2.75) is 50.1 Å². The van der Waals surface area contributed by atoms with E-state index in [0.717, 1.165) is 19.0 Å². The molecule has 88 valence electrons. The third-order valence-corrected chi connectivity index (χ3v) is 4.28. The van der Waals surface area contributed by atoms with Gasteiger partial charge < -0.3 is 10.4 Å². The van der Waals surface area contributed by atoms with Gasteiger partial charge in [0.15, 0.2) is 0 Å². The molecule has 2 fully saturated rings. The van der Waals surface area contributed by atoms with Gasteiger partial charge in [0.05, 0.1) is 12.1 Å². The summed E-state index contributed by atoms with van der Waals surface area (Å²) in [5.74, 6) is 0. The number of hydrogen-bond donors (Lipinski definition) is 2. The van der Waals surface area contributed by atoms with E-state index in [-0.39, 0.29) is 12.1 Å². The van der Waals surface area contributed by atoms with E-state index in [1.807, 2.05) is 7.05 Å². The zero-order valence-electron chi connectivity index (χ0n) is 9.84. The van der Waals surface area contributed by atoms with Gasteiger partial charge >= 0.3 is 0 Å². The molecule has 1 heterocycles. The number of aliphatic hydroxyl groups excluding tert-OH is 1. The highest BCUT2D eigenvalue weighted by Crippen LogP contribution is 2.29. The molecule has 15 heavy (non-hydrogen) atoms. The molecule has 3 heteroatoms. The molecular formula is C12H24N2O. The Balaban J connectivity index is 1.96. The predicted octanol–water partition coefficient (Wildman–Crippen LogP) is 0.975. The number of nitrogens with zero attached hydrogens (tertiary/aromatic N) is 1. The number of hydrogen-bond acceptors (Lipinski definition) is 3. The molecule has 3 nitrogen and oxygen atoms in total. The first-order chi connectivity index (χ1) is 7.29. The highest BCUT2D eigenvalue weighted by molar-refractivity contribution is 4.95. The zero-order chi connectivity index (χ0) is 10.7. The van der Waals surface area contributed by atoms with E-state index in [4.69, 9.17) is 0 Å². The molecule has 1 saturated heterocycles. The molecule has 0 aromatic carbocycles. The maximum absolute atomic E-state index is 9.51. The van der Waals surface area contributed by atoms with Crippen LogP contribution in [-0.2, 0) is 0 Å². The number of likely N-dealkylation sites (N-methyl/N-ethyl adjacent to an activating group) is 1. The first-order valence-corrected chi connectivity index (χ1v) is 6.33. The smallest absolute Gasteiger partial charge is 0.0625 e. The summed E-state index contributed by atoms with van der Waals surface area (Å²) in [4.78, 5) is 2.60. The van der Waals surface area contributed by atoms with Crippen LogP contribution in [0.1, 0.15) is 38.5 Å². The summed E-state index contributed by atoms with van der Waals surface area (Å²) < 4.78 is 0. The predicted molar refractivity (Wildman–Crippen MR) is 61.9 cm³/mol. The van der Waals surface area contributed by atoms with Crippen molar-refractivity contribution in [3.05, 3.63) is 0 Å². The Morgan fingerprint density at radius 3 is 2.67 bits per heavy atom. The molecule has 0 amide bonds. The van der Waals surface area contributed by atoms with Crippen molar-refractivity contribution in [3.63, 3.8) is 0 Å². The molecule has 0 bridgehead atoms. The maximum Gasteiger partial charge on any atom is 0.0625 e. The van der Waals surface area contributed by atoms with Crippen molar-refractivity contribution in [1.82, 2.24) is 10.2 Å². The minimum atomic E-state index is -0.0269. The van der Waals surface area contributed by atoms with E-state index >= 15 is 0 Å². The molecule has 2 N–H and O–H groups in total. The lowest BCUT2D eigenvalue weighted by molar-refractivity contribution is 0.0501. The number of likely N-dealkylation sites (tertiary alicyclic amines) is 1. The summed E-state index contributed by atoms with van der Waals surface area (Å²) in [6, 6.07) is 0.796. The highest BCUT2D eigenvalue weighted by atomic mass is 16.3. The van der Waals surface area contributed by atoms with Crippen molar-refractivity contribution < 1.29 is 5.11 Å².